The fraction of sp³-hybridized carbons (Fsp3) is 0.0500. The fourth-order valence-corrected chi connectivity index (χ4v) is 2.47. The third-order valence-corrected chi connectivity index (χ3v) is 3.60. The highest BCUT2D eigenvalue weighted by Gasteiger charge is 2.03. The van der Waals surface area contributed by atoms with Crippen LogP contribution in [0, 0.1) is 0 Å². The largest absolute Gasteiger partial charge is 0.350 e. The molecule has 108 valence electrons. The van der Waals surface area contributed by atoms with Crippen LogP contribution in [0.25, 0.3) is 23.1 Å². The Morgan fingerprint density at radius 1 is 0.864 bits per heavy atom. The molecule has 1 heterocycles. The minimum absolute atomic E-state index is 0.0676. The van der Waals surface area contributed by atoms with Gasteiger partial charge >= 0.3 is 0 Å². The van der Waals surface area contributed by atoms with E-state index in [4.69, 9.17) is 0 Å². The minimum atomic E-state index is 0.0676. The summed E-state index contributed by atoms with van der Waals surface area (Å²) in [6.45, 7) is 0. The van der Waals surface area contributed by atoms with Gasteiger partial charge in [0.25, 0.3) is 0 Å². The number of hydrogen-bond acceptors (Lipinski definition) is 1. The van der Waals surface area contributed by atoms with Crippen molar-refractivity contribution in [1.82, 2.24) is 4.57 Å². The second-order valence-corrected chi connectivity index (χ2v) is 5.17. The van der Waals surface area contributed by atoms with E-state index in [1.807, 2.05) is 96.7 Å². The van der Waals surface area contributed by atoms with E-state index in [0.29, 0.717) is 5.56 Å². The van der Waals surface area contributed by atoms with E-state index < -0.39 is 0 Å². The first-order chi connectivity index (χ1) is 10.8. The van der Waals surface area contributed by atoms with Crippen LogP contribution in [0.2, 0.25) is 0 Å². The number of pyridine rings is 1. The fourth-order valence-electron chi connectivity index (χ4n) is 2.47. The summed E-state index contributed by atoms with van der Waals surface area (Å²) in [5, 5.41) is 0.749. The first-order valence-corrected chi connectivity index (χ1v) is 7.24. The molecule has 2 nitrogen and oxygen atoms in total. The molecule has 0 unspecified atom stereocenters. The Hall–Kier alpha value is -2.87. The van der Waals surface area contributed by atoms with Crippen molar-refractivity contribution < 1.29 is 0 Å². The molecule has 0 aliphatic rings. The zero-order valence-corrected chi connectivity index (χ0v) is 12.4. The average molecular weight is 287 g/mol. The van der Waals surface area contributed by atoms with Gasteiger partial charge in [0, 0.05) is 24.2 Å². The van der Waals surface area contributed by atoms with Gasteiger partial charge in [-0.25, -0.2) is 0 Å². The quantitative estimate of drug-likeness (QED) is 0.660. The summed E-state index contributed by atoms with van der Waals surface area (Å²) in [4.78, 5) is 12.5. The summed E-state index contributed by atoms with van der Waals surface area (Å²) in [6, 6.07) is 17.7. The number of fused-ring (bicyclic) bond motifs is 1. The summed E-state index contributed by atoms with van der Waals surface area (Å²) in [6.07, 6.45) is 9.59. The van der Waals surface area contributed by atoms with Gasteiger partial charge in [0.1, 0.15) is 0 Å². The minimum Gasteiger partial charge on any atom is -0.350 e. The summed E-state index contributed by atoms with van der Waals surface area (Å²) in [5.41, 5.74) is 2.85. The van der Waals surface area contributed by atoms with Crippen LogP contribution < -0.4 is 5.43 Å². The Morgan fingerprint density at radius 2 is 1.55 bits per heavy atom. The van der Waals surface area contributed by atoms with Crippen LogP contribution in [0.1, 0.15) is 11.1 Å². The van der Waals surface area contributed by atoms with Crippen molar-refractivity contribution >= 4 is 23.1 Å². The lowest BCUT2D eigenvalue weighted by atomic mass is 10.1. The van der Waals surface area contributed by atoms with Crippen LogP contribution >= 0.6 is 0 Å². The topological polar surface area (TPSA) is 22.0 Å². The molecule has 0 fully saturated rings. The number of rotatable bonds is 3. The molecule has 0 aliphatic heterocycles. The van der Waals surface area contributed by atoms with Crippen LogP contribution in [-0.2, 0) is 7.05 Å². The van der Waals surface area contributed by atoms with Crippen molar-refractivity contribution in [3.63, 3.8) is 0 Å². The van der Waals surface area contributed by atoms with E-state index in [1.54, 1.807) is 0 Å². The molecular formula is C20H17NO. The lowest BCUT2D eigenvalue weighted by molar-refractivity contribution is 0.947. The van der Waals surface area contributed by atoms with Crippen LogP contribution in [0.5, 0.6) is 0 Å². The zero-order valence-electron chi connectivity index (χ0n) is 12.4. The van der Waals surface area contributed by atoms with Gasteiger partial charge in [-0.2, -0.15) is 0 Å². The molecule has 0 aliphatic carbocycles. The van der Waals surface area contributed by atoms with Crippen molar-refractivity contribution in [1.29, 1.82) is 0 Å². The number of para-hydroxylation sites is 1. The van der Waals surface area contributed by atoms with E-state index in [0.717, 1.165) is 16.5 Å². The van der Waals surface area contributed by atoms with Crippen molar-refractivity contribution in [2.45, 2.75) is 0 Å². The number of hydrogen-bond donors (Lipinski definition) is 0. The van der Waals surface area contributed by atoms with Gasteiger partial charge in [-0.3, -0.25) is 4.79 Å². The SMILES string of the molecule is Cn1cc(/C=C\C=C\c2ccccc2)c(=O)c2ccccc21. The summed E-state index contributed by atoms with van der Waals surface area (Å²) >= 11 is 0. The zero-order chi connectivity index (χ0) is 15.4. The Bertz CT molecular complexity index is 902. The van der Waals surface area contributed by atoms with Crippen molar-refractivity contribution in [3.05, 3.63) is 94.3 Å². The Kier molecular flexibility index (Phi) is 4.01. The van der Waals surface area contributed by atoms with Crippen LogP contribution in [-0.4, -0.2) is 4.57 Å². The highest BCUT2D eigenvalue weighted by atomic mass is 16.1. The molecule has 2 aromatic carbocycles. The molecule has 0 saturated carbocycles. The molecule has 0 bridgehead atoms. The first kappa shape index (κ1) is 14.1. The molecule has 0 amide bonds. The number of nitrogens with zero attached hydrogens (tertiary/aromatic N) is 1. The maximum absolute atomic E-state index is 12.5. The maximum atomic E-state index is 12.5. The van der Waals surface area contributed by atoms with Crippen molar-refractivity contribution in [2.75, 3.05) is 0 Å². The lowest BCUT2D eigenvalue weighted by Gasteiger charge is -2.06. The van der Waals surface area contributed by atoms with Gasteiger partial charge in [0.15, 0.2) is 5.43 Å². The normalized spacial score (nSPS) is 11.7. The monoisotopic (exact) mass is 287 g/mol. The lowest BCUT2D eigenvalue weighted by Crippen LogP contribution is -2.10. The third-order valence-electron chi connectivity index (χ3n) is 3.60. The molecule has 0 spiro atoms. The molecule has 0 radical (unpaired) electrons. The number of aryl methyl sites for hydroxylation is 1. The Morgan fingerprint density at radius 3 is 2.36 bits per heavy atom. The van der Waals surface area contributed by atoms with E-state index in [-0.39, 0.29) is 5.43 Å². The molecule has 1 aromatic heterocycles. The molecule has 2 heteroatoms. The molecule has 3 rings (SSSR count). The van der Waals surface area contributed by atoms with Gasteiger partial charge in [0.05, 0.1) is 5.52 Å². The summed E-state index contributed by atoms with van der Waals surface area (Å²) in [5.74, 6) is 0. The predicted octanol–water partition coefficient (Wildman–Crippen LogP) is 4.27. The molecule has 3 aromatic rings. The first-order valence-electron chi connectivity index (χ1n) is 7.24. The third kappa shape index (κ3) is 2.91. The van der Waals surface area contributed by atoms with Gasteiger partial charge < -0.3 is 4.57 Å². The van der Waals surface area contributed by atoms with Crippen LogP contribution in [0.15, 0.2) is 77.7 Å². The highest BCUT2D eigenvalue weighted by molar-refractivity contribution is 5.81. The van der Waals surface area contributed by atoms with E-state index >= 15 is 0 Å². The van der Waals surface area contributed by atoms with E-state index in [1.165, 1.54) is 0 Å². The highest BCUT2D eigenvalue weighted by Crippen LogP contribution is 2.11. The smallest absolute Gasteiger partial charge is 0.196 e. The van der Waals surface area contributed by atoms with Crippen LogP contribution in [0.3, 0.4) is 0 Å². The van der Waals surface area contributed by atoms with E-state index in [2.05, 4.69) is 0 Å². The maximum Gasteiger partial charge on any atom is 0.196 e. The number of allylic oxidation sites excluding steroid dienone is 2. The number of aromatic nitrogens is 1. The standard InChI is InChI=1S/C20H17NO/c1-21-15-17(20(22)18-13-7-8-14-19(18)21)12-6-5-11-16-9-3-2-4-10-16/h2-15H,1H3/b11-5+,12-6-. The summed E-state index contributed by atoms with van der Waals surface area (Å²) < 4.78 is 1.98. The Balaban J connectivity index is 1.91. The number of benzene rings is 2. The summed E-state index contributed by atoms with van der Waals surface area (Å²) in [7, 11) is 1.96. The molecular weight excluding hydrogens is 270 g/mol. The van der Waals surface area contributed by atoms with Gasteiger partial charge in [-0.1, -0.05) is 60.7 Å². The molecule has 0 saturated heterocycles. The molecule has 0 N–H and O–H groups in total. The molecule has 0 atom stereocenters. The second-order valence-electron chi connectivity index (χ2n) is 5.17. The van der Waals surface area contributed by atoms with E-state index in [9.17, 15) is 4.79 Å². The Labute approximate surface area is 129 Å². The molecule has 22 heavy (non-hydrogen) atoms. The van der Waals surface area contributed by atoms with Gasteiger partial charge in [-0.05, 0) is 23.8 Å². The van der Waals surface area contributed by atoms with Gasteiger partial charge in [-0.15, -0.1) is 0 Å². The van der Waals surface area contributed by atoms with Crippen molar-refractivity contribution in [2.24, 2.45) is 7.05 Å². The van der Waals surface area contributed by atoms with Crippen LogP contribution in [0.4, 0.5) is 0 Å². The predicted molar refractivity (Wildman–Crippen MR) is 93.7 cm³/mol. The average Bonchev–Trinajstić information content (AvgIpc) is 2.57. The second kappa shape index (κ2) is 6.27. The van der Waals surface area contributed by atoms with Gasteiger partial charge in [0.2, 0.25) is 0 Å². The van der Waals surface area contributed by atoms with Crippen molar-refractivity contribution in [3.8, 4) is 0 Å².